The van der Waals surface area contributed by atoms with E-state index in [1.807, 2.05) is 76.8 Å². The molecule has 8 heteroatoms. The van der Waals surface area contributed by atoms with E-state index in [-0.39, 0.29) is 11.8 Å². The van der Waals surface area contributed by atoms with Gasteiger partial charge in [0.2, 0.25) is 0 Å². The second-order valence-corrected chi connectivity index (χ2v) is 11.6. The Bertz CT molecular complexity index is 1500. The van der Waals surface area contributed by atoms with Crippen LogP contribution in [-0.2, 0) is 13.1 Å². The molecule has 4 aromatic rings. The molecule has 3 heterocycles. The van der Waals surface area contributed by atoms with E-state index in [0.29, 0.717) is 38.4 Å². The second kappa shape index (κ2) is 14.2. The van der Waals surface area contributed by atoms with Crippen molar-refractivity contribution in [2.75, 3.05) is 39.3 Å². The summed E-state index contributed by atoms with van der Waals surface area (Å²) < 4.78 is 2.13. The first-order valence-electron chi connectivity index (χ1n) is 14.7. The van der Waals surface area contributed by atoms with Gasteiger partial charge in [0.15, 0.2) is 0 Å². The fraction of sp³-hybridized carbons (Fsp3) is 0.324. The first-order chi connectivity index (χ1) is 20.5. The van der Waals surface area contributed by atoms with Gasteiger partial charge >= 0.3 is 0 Å². The molecule has 218 valence electrons. The Morgan fingerprint density at radius 2 is 1.74 bits per heavy atom. The van der Waals surface area contributed by atoms with E-state index >= 15 is 0 Å². The van der Waals surface area contributed by atoms with Crippen molar-refractivity contribution in [3.05, 3.63) is 117 Å². The number of hydrogen-bond donors (Lipinski definition) is 0. The zero-order valence-electron chi connectivity index (χ0n) is 24.5. The number of benzene rings is 2. The highest BCUT2D eigenvalue weighted by Crippen LogP contribution is 2.19. The summed E-state index contributed by atoms with van der Waals surface area (Å²) in [5.41, 5.74) is 4.50. The Kier molecular flexibility index (Phi) is 10.0. The van der Waals surface area contributed by atoms with Crippen LogP contribution in [0.3, 0.4) is 0 Å². The van der Waals surface area contributed by atoms with Gasteiger partial charge < -0.3 is 14.4 Å². The lowest BCUT2D eigenvalue weighted by Crippen LogP contribution is -2.48. The number of aryl methyl sites for hydroxylation is 1. The van der Waals surface area contributed by atoms with E-state index in [0.717, 1.165) is 47.9 Å². The summed E-state index contributed by atoms with van der Waals surface area (Å²) in [5, 5.41) is 2.76. The Morgan fingerprint density at radius 3 is 2.50 bits per heavy atom. The van der Waals surface area contributed by atoms with Crippen LogP contribution in [0.1, 0.15) is 56.0 Å². The lowest BCUT2D eigenvalue weighted by atomic mass is 10.1. The molecule has 1 aliphatic heterocycles. The summed E-state index contributed by atoms with van der Waals surface area (Å²) in [6.45, 7) is 9.84. The third-order valence-corrected chi connectivity index (χ3v) is 8.48. The normalized spacial score (nSPS) is 14.0. The maximum absolute atomic E-state index is 13.4. The van der Waals surface area contributed by atoms with Crippen molar-refractivity contribution < 1.29 is 9.59 Å². The van der Waals surface area contributed by atoms with Gasteiger partial charge in [0.1, 0.15) is 10.7 Å². The molecule has 0 atom stereocenters. The van der Waals surface area contributed by atoms with Crippen molar-refractivity contribution in [3.8, 4) is 0 Å². The Morgan fingerprint density at radius 1 is 0.976 bits per heavy atom. The molecule has 0 aliphatic carbocycles. The van der Waals surface area contributed by atoms with Gasteiger partial charge in [-0.1, -0.05) is 67.6 Å². The lowest BCUT2D eigenvalue weighted by Gasteiger charge is -2.33. The Labute approximate surface area is 252 Å². The number of thiazole rings is 1. The number of aromatic nitrogens is 2. The summed E-state index contributed by atoms with van der Waals surface area (Å²) in [6.07, 6.45) is 7.24. The fourth-order valence-electron chi connectivity index (χ4n) is 5.27. The van der Waals surface area contributed by atoms with Gasteiger partial charge in [-0.2, -0.15) is 0 Å². The average molecular weight is 582 g/mol. The molecule has 1 aliphatic rings. The monoisotopic (exact) mass is 581 g/mol. The van der Waals surface area contributed by atoms with Crippen molar-refractivity contribution in [3.63, 3.8) is 0 Å². The third-order valence-electron chi connectivity index (χ3n) is 7.64. The Hall–Kier alpha value is -4.01. The average Bonchev–Trinajstić information content (AvgIpc) is 3.67. The number of piperazine rings is 1. The van der Waals surface area contributed by atoms with E-state index in [1.54, 1.807) is 0 Å². The highest BCUT2D eigenvalue weighted by molar-refractivity contribution is 7.09. The molecule has 0 bridgehead atoms. The van der Waals surface area contributed by atoms with Gasteiger partial charge in [0.25, 0.3) is 11.8 Å². The molecule has 0 unspecified atom stereocenters. The van der Waals surface area contributed by atoms with E-state index in [2.05, 4.69) is 46.7 Å². The molecule has 42 heavy (non-hydrogen) atoms. The van der Waals surface area contributed by atoms with Crippen LogP contribution in [0, 0.1) is 6.92 Å². The number of carbonyl (C=O) groups excluding carboxylic acids is 2. The molecular weight excluding hydrogens is 542 g/mol. The van der Waals surface area contributed by atoms with E-state index in [1.165, 1.54) is 16.9 Å². The zero-order chi connectivity index (χ0) is 29.3. The number of hydrogen-bond acceptors (Lipinski definition) is 5. The van der Waals surface area contributed by atoms with Gasteiger partial charge in [-0.15, -0.1) is 11.3 Å². The molecule has 5 rings (SSSR count). The summed E-state index contributed by atoms with van der Waals surface area (Å²) in [7, 11) is 0. The maximum atomic E-state index is 13.4. The minimum Gasteiger partial charge on any atom is -0.343 e. The maximum Gasteiger partial charge on any atom is 0.273 e. The van der Waals surface area contributed by atoms with Crippen molar-refractivity contribution in [1.29, 1.82) is 0 Å². The summed E-state index contributed by atoms with van der Waals surface area (Å²) in [5.74, 6) is 0.0554. The molecule has 1 fully saturated rings. The van der Waals surface area contributed by atoms with Crippen molar-refractivity contribution in [2.24, 2.45) is 0 Å². The van der Waals surface area contributed by atoms with Gasteiger partial charge in [-0.3, -0.25) is 14.5 Å². The summed E-state index contributed by atoms with van der Waals surface area (Å²) >= 11 is 1.51. The van der Waals surface area contributed by atoms with Crippen molar-refractivity contribution in [2.45, 2.75) is 33.4 Å². The van der Waals surface area contributed by atoms with Gasteiger partial charge in [0.05, 0.1) is 13.1 Å². The first-order valence-corrected chi connectivity index (χ1v) is 15.6. The number of nitrogens with zero attached hydrogens (tertiary/aromatic N) is 5. The number of carbonyl (C=O) groups is 2. The zero-order valence-corrected chi connectivity index (χ0v) is 25.3. The van der Waals surface area contributed by atoms with Crippen LogP contribution in [0.15, 0.2) is 84.4 Å². The van der Waals surface area contributed by atoms with Crippen LogP contribution in [-0.4, -0.2) is 75.3 Å². The van der Waals surface area contributed by atoms with Crippen LogP contribution in [0.25, 0.3) is 6.08 Å². The SMILES string of the molecule is CCCN(Cc1cccn1Cc1nc(C(=O)N2CCN(CC=Cc3ccccc3)CC2)cs1)C(=O)c1ccccc1C. The topological polar surface area (TPSA) is 61.7 Å². The molecule has 2 aromatic heterocycles. The second-order valence-electron chi connectivity index (χ2n) is 10.7. The van der Waals surface area contributed by atoms with Crippen LogP contribution in [0.2, 0.25) is 0 Å². The largest absolute Gasteiger partial charge is 0.343 e. The molecule has 2 aromatic carbocycles. The molecule has 0 N–H and O–H groups in total. The minimum absolute atomic E-state index is 0.00246. The van der Waals surface area contributed by atoms with E-state index in [4.69, 9.17) is 4.98 Å². The van der Waals surface area contributed by atoms with Crippen LogP contribution < -0.4 is 0 Å². The predicted molar refractivity (Wildman–Crippen MR) is 170 cm³/mol. The van der Waals surface area contributed by atoms with Crippen molar-refractivity contribution >= 4 is 29.2 Å². The Balaban J connectivity index is 1.16. The summed E-state index contributed by atoms with van der Waals surface area (Å²) in [6, 6.07) is 22.1. The quantitative estimate of drug-likeness (QED) is 0.224. The van der Waals surface area contributed by atoms with Gasteiger partial charge in [-0.05, 0) is 42.7 Å². The third kappa shape index (κ3) is 7.43. The number of rotatable bonds is 11. The molecule has 7 nitrogen and oxygen atoms in total. The van der Waals surface area contributed by atoms with Gasteiger partial charge in [-0.25, -0.2) is 4.98 Å². The van der Waals surface area contributed by atoms with E-state index in [9.17, 15) is 9.59 Å². The molecule has 1 saturated heterocycles. The smallest absolute Gasteiger partial charge is 0.273 e. The summed E-state index contributed by atoms with van der Waals surface area (Å²) in [4.78, 5) is 37.5. The lowest BCUT2D eigenvalue weighted by molar-refractivity contribution is 0.0644. The molecule has 0 spiro atoms. The van der Waals surface area contributed by atoms with E-state index < -0.39 is 0 Å². The molecule has 2 amide bonds. The first kappa shape index (κ1) is 29.5. The minimum atomic E-state index is 0.00246. The van der Waals surface area contributed by atoms with Crippen LogP contribution in [0.4, 0.5) is 0 Å². The number of amides is 2. The molecule has 0 radical (unpaired) electrons. The van der Waals surface area contributed by atoms with Crippen LogP contribution in [0.5, 0.6) is 0 Å². The molecule has 0 saturated carbocycles. The van der Waals surface area contributed by atoms with Gasteiger partial charge in [0, 0.05) is 62.1 Å². The highest BCUT2D eigenvalue weighted by Gasteiger charge is 2.24. The predicted octanol–water partition coefficient (Wildman–Crippen LogP) is 5.82. The van der Waals surface area contributed by atoms with Crippen molar-refractivity contribution in [1.82, 2.24) is 24.3 Å². The highest BCUT2D eigenvalue weighted by atomic mass is 32.1. The fourth-order valence-corrected chi connectivity index (χ4v) is 6.04. The molecular formula is C34H39N5O2S. The standard InChI is InChI=1S/C34H39N5O2S/c1-3-17-39(33(40)30-16-8-7-11-27(30)2)24-29-15-10-19-38(29)25-32-35-31(26-42-32)34(41)37-22-20-36(21-23-37)18-9-14-28-12-5-4-6-13-28/h4-16,19,26H,3,17-18,20-25H2,1-2H3. The van der Waals surface area contributed by atoms with Crippen LogP contribution >= 0.6 is 11.3 Å².